The SMILES string of the molecule is CCSC1=C(/C=C/Cc2ccccc2)[C@H]2SC(C)(C)[C@H](C(=O)OC(c3ccccc3)c3ccccc3)N2C1=O. The van der Waals surface area contributed by atoms with Gasteiger partial charge in [0.2, 0.25) is 0 Å². The Labute approximate surface area is 239 Å². The molecule has 0 aliphatic carbocycles. The van der Waals surface area contributed by atoms with E-state index in [-0.39, 0.29) is 17.3 Å². The molecule has 0 aromatic heterocycles. The van der Waals surface area contributed by atoms with Gasteiger partial charge in [-0.3, -0.25) is 4.79 Å². The first-order valence-electron chi connectivity index (χ1n) is 13.3. The van der Waals surface area contributed by atoms with Crippen LogP contribution >= 0.6 is 23.5 Å². The van der Waals surface area contributed by atoms with Gasteiger partial charge in [0, 0.05) is 10.3 Å². The van der Waals surface area contributed by atoms with Crippen LogP contribution in [0.1, 0.15) is 43.6 Å². The van der Waals surface area contributed by atoms with Crippen LogP contribution in [0.3, 0.4) is 0 Å². The Kier molecular flexibility index (Phi) is 8.34. The predicted octanol–water partition coefficient (Wildman–Crippen LogP) is 7.19. The van der Waals surface area contributed by atoms with Crippen LogP contribution in [0.5, 0.6) is 0 Å². The molecule has 0 radical (unpaired) electrons. The van der Waals surface area contributed by atoms with Crippen molar-refractivity contribution in [3.05, 3.63) is 130 Å². The van der Waals surface area contributed by atoms with Crippen LogP contribution in [-0.2, 0) is 20.7 Å². The Morgan fingerprint density at radius 1 is 0.974 bits per heavy atom. The largest absolute Gasteiger partial charge is 0.451 e. The van der Waals surface area contributed by atoms with E-state index >= 15 is 0 Å². The summed E-state index contributed by atoms with van der Waals surface area (Å²) in [5, 5.41) is -0.224. The van der Waals surface area contributed by atoms with E-state index in [4.69, 9.17) is 4.74 Å². The molecule has 0 unspecified atom stereocenters. The minimum absolute atomic E-state index is 0.0813. The van der Waals surface area contributed by atoms with Crippen LogP contribution in [0.25, 0.3) is 0 Å². The van der Waals surface area contributed by atoms with Crippen molar-refractivity contribution in [2.45, 2.75) is 49.5 Å². The number of fused-ring (bicyclic) bond motifs is 1. The van der Waals surface area contributed by atoms with Gasteiger partial charge in [-0.25, -0.2) is 4.79 Å². The second-order valence-corrected chi connectivity index (χ2v) is 13.1. The molecule has 5 rings (SSSR count). The van der Waals surface area contributed by atoms with Crippen LogP contribution < -0.4 is 0 Å². The Morgan fingerprint density at radius 2 is 1.54 bits per heavy atom. The molecule has 6 heteroatoms. The van der Waals surface area contributed by atoms with Crippen molar-refractivity contribution in [3.8, 4) is 0 Å². The average molecular weight is 556 g/mol. The van der Waals surface area contributed by atoms with E-state index in [1.54, 1.807) is 28.4 Å². The molecule has 0 saturated carbocycles. The first-order chi connectivity index (χ1) is 18.9. The second-order valence-electron chi connectivity index (χ2n) is 10.1. The van der Waals surface area contributed by atoms with E-state index in [2.05, 4.69) is 24.3 Å². The Morgan fingerprint density at radius 3 is 2.10 bits per heavy atom. The maximum absolute atomic E-state index is 14.0. The van der Waals surface area contributed by atoms with Crippen LogP contribution in [0.4, 0.5) is 0 Å². The third-order valence-electron chi connectivity index (χ3n) is 7.01. The second kappa shape index (κ2) is 11.9. The summed E-state index contributed by atoms with van der Waals surface area (Å²) >= 11 is 3.21. The van der Waals surface area contributed by atoms with Gasteiger partial charge in [0.15, 0.2) is 6.10 Å². The number of ether oxygens (including phenoxy) is 1. The molecule has 0 bridgehead atoms. The molecule has 1 fully saturated rings. The lowest BCUT2D eigenvalue weighted by Gasteiger charge is -2.31. The van der Waals surface area contributed by atoms with Gasteiger partial charge in [-0.15, -0.1) is 23.5 Å². The predicted molar refractivity (Wildman–Crippen MR) is 161 cm³/mol. The monoisotopic (exact) mass is 555 g/mol. The van der Waals surface area contributed by atoms with Crippen molar-refractivity contribution < 1.29 is 14.3 Å². The average Bonchev–Trinajstić information content (AvgIpc) is 3.37. The van der Waals surface area contributed by atoms with Crippen molar-refractivity contribution in [2.75, 3.05) is 5.75 Å². The molecule has 2 atom stereocenters. The molecule has 4 nitrogen and oxygen atoms in total. The summed E-state index contributed by atoms with van der Waals surface area (Å²) in [6.45, 7) is 6.12. The van der Waals surface area contributed by atoms with E-state index in [1.165, 1.54) is 5.56 Å². The number of carbonyl (C=O) groups is 2. The molecule has 2 aliphatic rings. The summed E-state index contributed by atoms with van der Waals surface area (Å²) in [4.78, 5) is 30.3. The highest BCUT2D eigenvalue weighted by molar-refractivity contribution is 8.04. The van der Waals surface area contributed by atoms with E-state index in [0.717, 1.165) is 33.8 Å². The van der Waals surface area contributed by atoms with E-state index in [9.17, 15) is 9.59 Å². The van der Waals surface area contributed by atoms with Crippen molar-refractivity contribution in [1.82, 2.24) is 4.90 Å². The number of amides is 1. The number of hydrogen-bond acceptors (Lipinski definition) is 5. The molecule has 1 amide bonds. The first kappa shape index (κ1) is 27.4. The van der Waals surface area contributed by atoms with E-state index in [0.29, 0.717) is 0 Å². The fourth-order valence-electron chi connectivity index (χ4n) is 5.21. The molecular weight excluding hydrogens is 523 g/mol. The van der Waals surface area contributed by atoms with Crippen LogP contribution in [0, 0.1) is 0 Å². The van der Waals surface area contributed by atoms with E-state index in [1.807, 2.05) is 99.6 Å². The fraction of sp³-hybridized carbons (Fsp3) is 0.273. The van der Waals surface area contributed by atoms with Gasteiger partial charge in [0.05, 0.1) is 4.91 Å². The van der Waals surface area contributed by atoms with Gasteiger partial charge in [0.25, 0.3) is 5.91 Å². The fourth-order valence-corrected chi connectivity index (χ4v) is 7.72. The number of esters is 1. The lowest BCUT2D eigenvalue weighted by Crippen LogP contribution is -2.50. The van der Waals surface area contributed by atoms with Crippen molar-refractivity contribution in [3.63, 3.8) is 0 Å². The molecule has 0 spiro atoms. The topological polar surface area (TPSA) is 46.6 Å². The molecule has 39 heavy (non-hydrogen) atoms. The summed E-state index contributed by atoms with van der Waals surface area (Å²) in [6, 6.07) is 29.1. The highest BCUT2D eigenvalue weighted by atomic mass is 32.2. The number of rotatable bonds is 9. The summed E-state index contributed by atoms with van der Waals surface area (Å²) in [6.07, 6.45) is 4.43. The quantitative estimate of drug-likeness (QED) is 0.262. The van der Waals surface area contributed by atoms with Gasteiger partial charge < -0.3 is 9.64 Å². The molecule has 200 valence electrons. The highest BCUT2D eigenvalue weighted by Crippen LogP contribution is 2.53. The molecule has 2 aliphatic heterocycles. The molecule has 0 N–H and O–H groups in total. The number of thioether (sulfide) groups is 2. The zero-order valence-corrected chi connectivity index (χ0v) is 24.1. The molecule has 3 aromatic carbocycles. The number of hydrogen-bond donors (Lipinski definition) is 0. The van der Waals surface area contributed by atoms with Gasteiger partial charge in [-0.1, -0.05) is 110 Å². The zero-order chi connectivity index (χ0) is 27.4. The number of benzene rings is 3. The molecular formula is C33H33NO3S2. The normalized spacial score (nSPS) is 20.2. The maximum Gasteiger partial charge on any atom is 0.331 e. The van der Waals surface area contributed by atoms with E-state index < -0.39 is 16.9 Å². The summed E-state index contributed by atoms with van der Waals surface area (Å²) < 4.78 is 5.76. The molecule has 3 aromatic rings. The molecule has 2 heterocycles. The van der Waals surface area contributed by atoms with Crippen LogP contribution in [0.2, 0.25) is 0 Å². The Bertz CT molecular complexity index is 1330. The Balaban J connectivity index is 1.43. The standard InChI is InChI=1S/C33H33NO3S2/c1-4-38-28-26(22-14-17-23-15-8-5-9-16-23)31-34(30(28)35)29(33(2,3)39-31)32(36)37-27(24-18-10-6-11-19-24)25-20-12-7-13-21-25/h5-16,18-22,27,29,31H,4,17H2,1-3H3/b22-14+/t29-,31+/m0/s1. The summed E-state index contributed by atoms with van der Waals surface area (Å²) in [5.41, 5.74) is 4.00. The first-order valence-corrected chi connectivity index (χ1v) is 15.2. The van der Waals surface area contributed by atoms with Gasteiger partial charge in [0.1, 0.15) is 11.4 Å². The van der Waals surface area contributed by atoms with Crippen molar-refractivity contribution in [2.24, 2.45) is 0 Å². The van der Waals surface area contributed by atoms with Crippen LogP contribution in [0.15, 0.2) is 114 Å². The summed E-state index contributed by atoms with van der Waals surface area (Å²) in [5.74, 6) is 0.323. The van der Waals surface area contributed by atoms with Gasteiger partial charge >= 0.3 is 5.97 Å². The summed E-state index contributed by atoms with van der Waals surface area (Å²) in [7, 11) is 0. The highest BCUT2D eigenvalue weighted by Gasteiger charge is 2.58. The van der Waals surface area contributed by atoms with Gasteiger partial charge in [-0.2, -0.15) is 0 Å². The minimum Gasteiger partial charge on any atom is -0.451 e. The smallest absolute Gasteiger partial charge is 0.331 e. The molecule has 1 saturated heterocycles. The Hall–Kier alpha value is -3.22. The zero-order valence-electron chi connectivity index (χ0n) is 22.4. The third-order valence-corrected chi connectivity index (χ3v) is 9.53. The van der Waals surface area contributed by atoms with Crippen molar-refractivity contribution >= 4 is 35.4 Å². The van der Waals surface area contributed by atoms with Gasteiger partial charge in [-0.05, 0) is 42.7 Å². The van der Waals surface area contributed by atoms with Crippen molar-refractivity contribution in [1.29, 1.82) is 0 Å². The number of nitrogens with zero attached hydrogens (tertiary/aromatic N) is 1. The number of allylic oxidation sites excluding steroid dienone is 1. The maximum atomic E-state index is 14.0. The lowest BCUT2D eigenvalue weighted by molar-refractivity contribution is -0.157. The minimum atomic E-state index is -0.706. The third kappa shape index (κ3) is 5.73. The van der Waals surface area contributed by atoms with Crippen LogP contribution in [-0.4, -0.2) is 38.7 Å². The lowest BCUT2D eigenvalue weighted by atomic mass is 9.99. The number of carbonyl (C=O) groups excluding carboxylic acids is 2.